The fourth-order valence-electron chi connectivity index (χ4n) is 3.33. The molecule has 0 heterocycles. The molecule has 1 aromatic carbocycles. The highest BCUT2D eigenvalue weighted by Crippen LogP contribution is 2.29. The van der Waals surface area contributed by atoms with E-state index in [1.54, 1.807) is 6.07 Å². The van der Waals surface area contributed by atoms with Crippen LogP contribution in [0.5, 0.6) is 0 Å². The standard InChI is InChI=1S/C16H25BFNO2/c1-3-12-4-6-16(7-5-12)19(2)11-13-8-14(17(20)21)10-15(18)9-13/h8-10,12,16,20-21H,3-7,11H2,1-2H3. The van der Waals surface area contributed by atoms with E-state index in [2.05, 4.69) is 18.9 Å². The first-order chi connectivity index (χ1) is 9.99. The Kier molecular flexibility index (Phi) is 5.79. The second-order valence-electron chi connectivity index (χ2n) is 6.26. The van der Waals surface area contributed by atoms with Gasteiger partial charge in [-0.25, -0.2) is 4.39 Å². The SMILES string of the molecule is CCC1CCC(N(C)Cc2cc(F)cc(B(O)O)c2)CC1. The van der Waals surface area contributed by atoms with Crippen LogP contribution in [0.1, 0.15) is 44.6 Å². The minimum absolute atomic E-state index is 0.216. The van der Waals surface area contributed by atoms with Crippen LogP contribution in [0.3, 0.4) is 0 Å². The second-order valence-corrected chi connectivity index (χ2v) is 6.26. The van der Waals surface area contributed by atoms with Crippen LogP contribution in [0.2, 0.25) is 0 Å². The number of hydrogen-bond donors (Lipinski definition) is 2. The Morgan fingerprint density at radius 1 is 1.19 bits per heavy atom. The maximum Gasteiger partial charge on any atom is 0.488 e. The van der Waals surface area contributed by atoms with Gasteiger partial charge in [-0.3, -0.25) is 4.90 Å². The molecule has 0 atom stereocenters. The van der Waals surface area contributed by atoms with E-state index in [9.17, 15) is 14.4 Å². The molecule has 1 aliphatic carbocycles. The molecular formula is C16H25BFNO2. The van der Waals surface area contributed by atoms with Gasteiger partial charge < -0.3 is 10.0 Å². The van der Waals surface area contributed by atoms with Crippen LogP contribution in [0, 0.1) is 11.7 Å². The molecule has 0 saturated heterocycles. The van der Waals surface area contributed by atoms with E-state index in [-0.39, 0.29) is 5.46 Å². The maximum atomic E-state index is 13.5. The molecule has 0 bridgehead atoms. The van der Waals surface area contributed by atoms with Gasteiger partial charge in [-0.05, 0) is 61.8 Å². The molecule has 3 nitrogen and oxygen atoms in total. The zero-order valence-corrected chi connectivity index (χ0v) is 12.9. The lowest BCUT2D eigenvalue weighted by atomic mass is 9.79. The van der Waals surface area contributed by atoms with Crippen molar-refractivity contribution in [2.24, 2.45) is 5.92 Å². The van der Waals surface area contributed by atoms with E-state index < -0.39 is 12.9 Å². The van der Waals surface area contributed by atoms with E-state index in [4.69, 9.17) is 0 Å². The van der Waals surface area contributed by atoms with Crippen molar-refractivity contribution < 1.29 is 14.4 Å². The maximum absolute atomic E-state index is 13.5. The van der Waals surface area contributed by atoms with Gasteiger partial charge in [-0.15, -0.1) is 0 Å². The van der Waals surface area contributed by atoms with Crippen molar-refractivity contribution in [1.82, 2.24) is 4.90 Å². The number of halogens is 1. The smallest absolute Gasteiger partial charge is 0.423 e. The Morgan fingerprint density at radius 3 is 2.43 bits per heavy atom. The Bertz CT molecular complexity index is 462. The highest BCUT2D eigenvalue weighted by molar-refractivity contribution is 6.58. The van der Waals surface area contributed by atoms with Gasteiger partial charge in [0.15, 0.2) is 0 Å². The minimum atomic E-state index is -1.62. The number of hydrogen-bond acceptors (Lipinski definition) is 3. The molecule has 0 aliphatic heterocycles. The fourth-order valence-corrected chi connectivity index (χ4v) is 3.33. The third-order valence-corrected chi connectivity index (χ3v) is 4.73. The molecule has 0 spiro atoms. The molecule has 0 amide bonds. The summed E-state index contributed by atoms with van der Waals surface area (Å²) in [6.45, 7) is 2.89. The average molecular weight is 293 g/mol. The van der Waals surface area contributed by atoms with Gasteiger partial charge in [-0.1, -0.05) is 19.4 Å². The molecule has 5 heteroatoms. The number of nitrogens with zero attached hydrogens (tertiary/aromatic N) is 1. The lowest BCUT2D eigenvalue weighted by Gasteiger charge is -2.34. The van der Waals surface area contributed by atoms with Crippen LogP contribution in [0.4, 0.5) is 4.39 Å². The van der Waals surface area contributed by atoms with Crippen molar-refractivity contribution in [1.29, 1.82) is 0 Å². The first kappa shape index (κ1) is 16.5. The summed E-state index contributed by atoms with van der Waals surface area (Å²) in [5.41, 5.74) is 1.01. The summed E-state index contributed by atoms with van der Waals surface area (Å²) in [6.07, 6.45) is 6.20. The monoisotopic (exact) mass is 293 g/mol. The summed E-state index contributed by atoms with van der Waals surface area (Å²) in [5.74, 6) is 0.443. The fraction of sp³-hybridized carbons (Fsp3) is 0.625. The van der Waals surface area contributed by atoms with Crippen LogP contribution in [0.25, 0.3) is 0 Å². The Morgan fingerprint density at radius 2 is 1.86 bits per heavy atom. The molecule has 1 aromatic rings. The van der Waals surface area contributed by atoms with E-state index >= 15 is 0 Å². The first-order valence-corrected chi connectivity index (χ1v) is 7.85. The Labute approximate surface area is 126 Å². The molecule has 0 unspecified atom stereocenters. The van der Waals surface area contributed by atoms with Gasteiger partial charge in [0.1, 0.15) is 5.82 Å². The zero-order chi connectivity index (χ0) is 15.4. The van der Waals surface area contributed by atoms with Crippen molar-refractivity contribution in [3.05, 3.63) is 29.6 Å². The summed E-state index contributed by atoms with van der Waals surface area (Å²) in [6, 6.07) is 4.85. The van der Waals surface area contributed by atoms with Gasteiger partial charge in [0.05, 0.1) is 0 Å². The van der Waals surface area contributed by atoms with Crippen molar-refractivity contribution in [3.8, 4) is 0 Å². The Hall–Kier alpha value is -0.905. The van der Waals surface area contributed by atoms with Gasteiger partial charge in [0.25, 0.3) is 0 Å². The first-order valence-electron chi connectivity index (χ1n) is 7.85. The average Bonchev–Trinajstić information content (AvgIpc) is 2.46. The molecule has 116 valence electrons. The third kappa shape index (κ3) is 4.53. The molecule has 1 fully saturated rings. The van der Waals surface area contributed by atoms with Crippen molar-refractivity contribution in [2.75, 3.05) is 7.05 Å². The van der Waals surface area contributed by atoms with Crippen LogP contribution in [0.15, 0.2) is 18.2 Å². The van der Waals surface area contributed by atoms with E-state index in [1.165, 1.54) is 44.2 Å². The molecule has 0 radical (unpaired) electrons. The van der Waals surface area contributed by atoms with E-state index in [0.29, 0.717) is 12.6 Å². The summed E-state index contributed by atoms with van der Waals surface area (Å²) in [4.78, 5) is 2.26. The quantitative estimate of drug-likeness (QED) is 0.815. The predicted molar refractivity (Wildman–Crippen MR) is 83.7 cm³/mol. The van der Waals surface area contributed by atoms with Crippen LogP contribution in [-0.2, 0) is 6.54 Å². The summed E-state index contributed by atoms with van der Waals surface area (Å²) in [5, 5.41) is 18.4. The molecule has 2 rings (SSSR count). The zero-order valence-electron chi connectivity index (χ0n) is 12.9. The van der Waals surface area contributed by atoms with Gasteiger partial charge in [0, 0.05) is 12.6 Å². The van der Waals surface area contributed by atoms with Gasteiger partial charge in [-0.2, -0.15) is 0 Å². The number of benzene rings is 1. The predicted octanol–water partition coefficient (Wildman–Crippen LogP) is 1.91. The highest BCUT2D eigenvalue weighted by atomic mass is 19.1. The molecule has 2 N–H and O–H groups in total. The lowest BCUT2D eigenvalue weighted by molar-refractivity contribution is 0.157. The topological polar surface area (TPSA) is 43.7 Å². The second kappa shape index (κ2) is 7.39. The summed E-state index contributed by atoms with van der Waals surface area (Å²) in [7, 11) is 0.446. The third-order valence-electron chi connectivity index (χ3n) is 4.73. The van der Waals surface area contributed by atoms with Gasteiger partial charge >= 0.3 is 7.12 Å². The lowest BCUT2D eigenvalue weighted by Crippen LogP contribution is -2.35. The molecule has 1 aliphatic rings. The van der Waals surface area contributed by atoms with E-state index in [1.807, 2.05) is 0 Å². The van der Waals surface area contributed by atoms with Crippen LogP contribution in [-0.4, -0.2) is 35.2 Å². The van der Waals surface area contributed by atoms with Crippen LogP contribution < -0.4 is 5.46 Å². The van der Waals surface area contributed by atoms with Crippen LogP contribution >= 0.6 is 0 Å². The summed E-state index contributed by atoms with van der Waals surface area (Å²) < 4.78 is 13.5. The Balaban J connectivity index is 1.98. The molecule has 1 saturated carbocycles. The van der Waals surface area contributed by atoms with Gasteiger partial charge in [0.2, 0.25) is 0 Å². The van der Waals surface area contributed by atoms with Crippen molar-refractivity contribution >= 4 is 12.6 Å². The molecule has 21 heavy (non-hydrogen) atoms. The minimum Gasteiger partial charge on any atom is -0.423 e. The molecule has 0 aromatic heterocycles. The number of rotatable bonds is 5. The largest absolute Gasteiger partial charge is 0.488 e. The van der Waals surface area contributed by atoms with E-state index in [0.717, 1.165) is 11.5 Å². The normalized spacial score (nSPS) is 22.6. The molecular weight excluding hydrogens is 268 g/mol. The highest BCUT2D eigenvalue weighted by Gasteiger charge is 2.23. The summed E-state index contributed by atoms with van der Waals surface area (Å²) >= 11 is 0. The van der Waals surface area contributed by atoms with Crippen molar-refractivity contribution in [2.45, 2.75) is 51.6 Å². The van der Waals surface area contributed by atoms with Crippen molar-refractivity contribution in [3.63, 3.8) is 0 Å².